The van der Waals surface area contributed by atoms with E-state index >= 15 is 0 Å². The highest BCUT2D eigenvalue weighted by atomic mass is 13.9. The molecule has 0 N–H and O–H groups in total. The summed E-state index contributed by atoms with van der Waals surface area (Å²) in [7, 11) is 0. The minimum Gasteiger partial charge on any atom is -0.0885 e. The predicted octanol–water partition coefficient (Wildman–Crippen LogP) is 4.01. The number of rotatable bonds is 0. The van der Waals surface area contributed by atoms with Gasteiger partial charge in [-0.3, -0.25) is 0 Å². The Hall–Kier alpha value is -0.780. The average molecular weight is 162 g/mol. The third kappa shape index (κ3) is 4.95. The second kappa shape index (κ2) is 6.90. The lowest BCUT2D eigenvalue weighted by Gasteiger charge is -1.94. The molecule has 0 heteroatoms. The van der Waals surface area contributed by atoms with Gasteiger partial charge in [-0.2, -0.15) is 0 Å². The topological polar surface area (TPSA) is 0 Å². The van der Waals surface area contributed by atoms with Gasteiger partial charge in [0.15, 0.2) is 0 Å². The smallest absolute Gasteiger partial charge is 0.0313 e. The highest BCUT2D eigenvalue weighted by molar-refractivity contribution is 5.03. The van der Waals surface area contributed by atoms with Crippen LogP contribution in [0.25, 0.3) is 0 Å². The molecule has 0 radical (unpaired) electrons. The van der Waals surface area contributed by atoms with Gasteiger partial charge in [0.25, 0.3) is 0 Å². The van der Waals surface area contributed by atoms with Crippen molar-refractivity contribution in [3.8, 4) is 0 Å². The molecule has 12 heavy (non-hydrogen) atoms. The minimum atomic E-state index is 1.18. The summed E-state index contributed by atoms with van der Waals surface area (Å²) < 4.78 is 0. The maximum absolute atomic E-state index is 2.32. The van der Waals surface area contributed by atoms with Crippen molar-refractivity contribution >= 4 is 0 Å². The third-order valence-electron chi connectivity index (χ3n) is 2.04. The van der Waals surface area contributed by atoms with Crippen LogP contribution in [0.1, 0.15) is 38.5 Å². The fourth-order valence-corrected chi connectivity index (χ4v) is 1.30. The van der Waals surface area contributed by atoms with Gasteiger partial charge in [0.05, 0.1) is 0 Å². The van der Waals surface area contributed by atoms with Crippen molar-refractivity contribution < 1.29 is 0 Å². The highest BCUT2D eigenvalue weighted by Gasteiger charge is 1.84. The number of allylic oxidation sites excluding steroid dienone is 6. The summed E-state index contributed by atoms with van der Waals surface area (Å²) in [6.45, 7) is 0. The van der Waals surface area contributed by atoms with E-state index in [9.17, 15) is 0 Å². The quantitative estimate of drug-likeness (QED) is 0.472. The SMILES string of the molecule is C1=CCCCC/C=C\CC/C=C\1. The van der Waals surface area contributed by atoms with Gasteiger partial charge in [-0.15, -0.1) is 0 Å². The first-order chi connectivity index (χ1) is 6.00. The summed E-state index contributed by atoms with van der Waals surface area (Å²) in [5, 5.41) is 0. The van der Waals surface area contributed by atoms with Crippen molar-refractivity contribution in [1.29, 1.82) is 0 Å². The molecule has 1 aliphatic rings. The second-order valence-corrected chi connectivity index (χ2v) is 3.19. The Bertz CT molecular complexity index is 172. The summed E-state index contributed by atoms with van der Waals surface area (Å²) in [6, 6.07) is 0. The van der Waals surface area contributed by atoms with Gasteiger partial charge in [0, 0.05) is 0 Å². The summed E-state index contributed by atoms with van der Waals surface area (Å²) in [5.41, 5.74) is 0. The molecule has 0 aromatic carbocycles. The molecule has 0 heterocycles. The molecule has 0 aromatic rings. The summed E-state index contributed by atoms with van der Waals surface area (Å²) in [5.74, 6) is 0. The maximum Gasteiger partial charge on any atom is -0.0313 e. The van der Waals surface area contributed by atoms with Gasteiger partial charge in [0.2, 0.25) is 0 Å². The predicted molar refractivity (Wildman–Crippen MR) is 55.1 cm³/mol. The van der Waals surface area contributed by atoms with Gasteiger partial charge in [-0.1, -0.05) is 36.5 Å². The Morgan fingerprint density at radius 2 is 1.00 bits per heavy atom. The molecule has 0 saturated heterocycles. The molecule has 0 fully saturated rings. The lowest BCUT2D eigenvalue weighted by atomic mass is 10.1. The van der Waals surface area contributed by atoms with Gasteiger partial charge in [-0.05, 0) is 38.5 Å². The zero-order valence-corrected chi connectivity index (χ0v) is 7.71. The molecule has 0 aliphatic heterocycles. The van der Waals surface area contributed by atoms with Crippen LogP contribution in [0.3, 0.4) is 0 Å². The molecule has 0 aromatic heterocycles. The zero-order valence-electron chi connectivity index (χ0n) is 7.71. The summed E-state index contributed by atoms with van der Waals surface area (Å²) >= 11 is 0. The molecular formula is C12H18. The fourth-order valence-electron chi connectivity index (χ4n) is 1.30. The Morgan fingerprint density at radius 1 is 0.500 bits per heavy atom. The molecule has 0 saturated carbocycles. The zero-order chi connectivity index (χ0) is 8.49. The van der Waals surface area contributed by atoms with E-state index in [-0.39, 0.29) is 0 Å². The minimum absolute atomic E-state index is 1.18. The van der Waals surface area contributed by atoms with Gasteiger partial charge in [0.1, 0.15) is 0 Å². The highest BCUT2D eigenvalue weighted by Crippen LogP contribution is 2.04. The molecule has 0 amide bonds. The van der Waals surface area contributed by atoms with E-state index in [4.69, 9.17) is 0 Å². The van der Waals surface area contributed by atoms with E-state index in [2.05, 4.69) is 36.5 Å². The maximum atomic E-state index is 2.32. The molecule has 1 aliphatic carbocycles. The van der Waals surface area contributed by atoms with Crippen LogP contribution in [0.4, 0.5) is 0 Å². The molecule has 0 atom stereocenters. The van der Waals surface area contributed by atoms with Crippen molar-refractivity contribution in [2.24, 2.45) is 0 Å². The number of hydrogen-bond donors (Lipinski definition) is 0. The Balaban J connectivity index is 2.31. The molecule has 1 rings (SSSR count). The standard InChI is InChI=1S/C12H18/c1-2-4-6-8-10-12-11-9-7-5-3-1/h1-4,9,11H,5-8,10,12H2/b3-1-,4-2?,11-9-. The van der Waals surface area contributed by atoms with Crippen LogP contribution in [0, 0.1) is 0 Å². The Kier molecular flexibility index (Phi) is 5.35. The summed E-state index contributed by atoms with van der Waals surface area (Å²) in [6.07, 6.45) is 21.0. The van der Waals surface area contributed by atoms with Crippen LogP contribution < -0.4 is 0 Å². The Morgan fingerprint density at radius 3 is 1.83 bits per heavy atom. The third-order valence-corrected chi connectivity index (χ3v) is 2.04. The molecule has 0 unspecified atom stereocenters. The van der Waals surface area contributed by atoms with E-state index < -0.39 is 0 Å². The van der Waals surface area contributed by atoms with Gasteiger partial charge < -0.3 is 0 Å². The average Bonchev–Trinajstić information content (AvgIpc) is 2.05. The first-order valence-electron chi connectivity index (χ1n) is 4.97. The molecule has 0 spiro atoms. The van der Waals surface area contributed by atoms with Gasteiger partial charge in [-0.25, -0.2) is 0 Å². The van der Waals surface area contributed by atoms with E-state index in [1.54, 1.807) is 0 Å². The largest absolute Gasteiger partial charge is 0.0885 e. The lowest BCUT2D eigenvalue weighted by molar-refractivity contribution is 0.760. The first-order valence-corrected chi connectivity index (χ1v) is 4.97. The summed E-state index contributed by atoms with van der Waals surface area (Å²) in [4.78, 5) is 0. The van der Waals surface area contributed by atoms with Crippen LogP contribution in [0.2, 0.25) is 0 Å². The van der Waals surface area contributed by atoms with Crippen molar-refractivity contribution in [2.75, 3.05) is 0 Å². The van der Waals surface area contributed by atoms with Crippen molar-refractivity contribution in [2.45, 2.75) is 38.5 Å². The molecule has 0 nitrogen and oxygen atoms in total. The van der Waals surface area contributed by atoms with Crippen LogP contribution in [0.5, 0.6) is 0 Å². The van der Waals surface area contributed by atoms with E-state index in [1.807, 2.05) is 0 Å². The molecular weight excluding hydrogens is 144 g/mol. The molecule has 0 bridgehead atoms. The van der Waals surface area contributed by atoms with E-state index in [1.165, 1.54) is 38.5 Å². The van der Waals surface area contributed by atoms with E-state index in [0.717, 1.165) is 0 Å². The Labute approximate surface area is 75.7 Å². The fraction of sp³-hybridized carbons (Fsp3) is 0.500. The van der Waals surface area contributed by atoms with Crippen molar-refractivity contribution in [3.05, 3.63) is 36.5 Å². The van der Waals surface area contributed by atoms with Crippen LogP contribution >= 0.6 is 0 Å². The number of hydrogen-bond acceptors (Lipinski definition) is 0. The lowest BCUT2D eigenvalue weighted by Crippen LogP contribution is -1.74. The normalized spacial score (nSPS) is 25.3. The van der Waals surface area contributed by atoms with Gasteiger partial charge >= 0.3 is 0 Å². The van der Waals surface area contributed by atoms with Crippen molar-refractivity contribution in [3.63, 3.8) is 0 Å². The monoisotopic (exact) mass is 162 g/mol. The van der Waals surface area contributed by atoms with E-state index in [0.29, 0.717) is 0 Å². The van der Waals surface area contributed by atoms with Crippen molar-refractivity contribution in [1.82, 2.24) is 0 Å². The molecule has 66 valence electrons. The van der Waals surface area contributed by atoms with Crippen LogP contribution in [-0.2, 0) is 0 Å². The van der Waals surface area contributed by atoms with Crippen LogP contribution in [-0.4, -0.2) is 0 Å². The van der Waals surface area contributed by atoms with Crippen LogP contribution in [0.15, 0.2) is 36.5 Å². The first kappa shape index (κ1) is 9.31. The second-order valence-electron chi connectivity index (χ2n) is 3.19.